The van der Waals surface area contributed by atoms with Crippen LogP contribution in [-0.2, 0) is 4.79 Å². The molecule has 0 unspecified atom stereocenters. The highest BCUT2D eigenvalue weighted by Crippen LogP contribution is 2.35. The molecular formula is C21H29NO4S. The molecule has 148 valence electrons. The molecule has 0 radical (unpaired) electrons. The highest BCUT2D eigenvalue weighted by molar-refractivity contribution is 7.15. The Labute approximate surface area is 165 Å². The predicted molar refractivity (Wildman–Crippen MR) is 108 cm³/mol. The van der Waals surface area contributed by atoms with Crippen molar-refractivity contribution in [3.63, 3.8) is 0 Å². The number of hydrogen-bond donors (Lipinski definition) is 2. The molecule has 0 aromatic carbocycles. The molecule has 1 fully saturated rings. The molecule has 5 nitrogen and oxygen atoms in total. The number of carbonyl (C=O) groups excluding carboxylic acids is 1. The van der Waals surface area contributed by atoms with Crippen molar-refractivity contribution in [3.8, 4) is 11.8 Å². The van der Waals surface area contributed by atoms with Crippen LogP contribution in [0, 0.1) is 29.1 Å². The van der Waals surface area contributed by atoms with Gasteiger partial charge in [-0.15, -0.1) is 11.3 Å². The van der Waals surface area contributed by atoms with Gasteiger partial charge < -0.3 is 15.1 Å². The number of carboxylic acid groups (broad SMARTS) is 1. The van der Waals surface area contributed by atoms with Gasteiger partial charge in [-0.05, 0) is 58.4 Å². The Bertz CT molecular complexity index is 742. The van der Waals surface area contributed by atoms with Crippen LogP contribution in [0.25, 0.3) is 0 Å². The summed E-state index contributed by atoms with van der Waals surface area (Å²) in [6, 6.07) is 1.67. The summed E-state index contributed by atoms with van der Waals surface area (Å²) in [5.74, 6) is 5.47. The fourth-order valence-electron chi connectivity index (χ4n) is 3.22. The average Bonchev–Trinajstić information content (AvgIpc) is 3.02. The minimum atomic E-state index is -1.08. The van der Waals surface area contributed by atoms with E-state index >= 15 is 0 Å². The standard InChI is InChI=1S/C21H29NO4S/c1-14-5-7-15(8-6-14)19(24)22(11-12-23)17-13-16(9-10-21(2,3)4)27-18(17)20(25)26/h13-15,23H,5-8,11-12H2,1-4H3,(H,25,26)/t14-,15-. The predicted octanol–water partition coefficient (Wildman–Crippen LogP) is 4.00. The van der Waals surface area contributed by atoms with Crippen molar-refractivity contribution in [3.05, 3.63) is 15.8 Å². The zero-order valence-corrected chi connectivity index (χ0v) is 17.4. The van der Waals surface area contributed by atoms with Gasteiger partial charge in [-0.25, -0.2) is 4.79 Å². The van der Waals surface area contributed by atoms with Crippen LogP contribution < -0.4 is 4.90 Å². The van der Waals surface area contributed by atoms with E-state index in [-0.39, 0.29) is 35.3 Å². The van der Waals surface area contributed by atoms with Crippen LogP contribution in [0.15, 0.2) is 6.07 Å². The molecule has 2 rings (SSSR count). The van der Waals surface area contributed by atoms with Gasteiger partial charge in [-0.1, -0.05) is 18.8 Å². The fraction of sp³-hybridized carbons (Fsp3) is 0.619. The first-order valence-corrected chi connectivity index (χ1v) is 10.3. The van der Waals surface area contributed by atoms with Crippen LogP contribution in [0.2, 0.25) is 0 Å². The van der Waals surface area contributed by atoms with Crippen molar-refractivity contribution < 1.29 is 19.8 Å². The van der Waals surface area contributed by atoms with Crippen LogP contribution in [0.3, 0.4) is 0 Å². The quantitative estimate of drug-likeness (QED) is 0.744. The smallest absolute Gasteiger partial charge is 0.348 e. The Balaban J connectivity index is 2.37. The van der Waals surface area contributed by atoms with Gasteiger partial charge in [-0.2, -0.15) is 0 Å². The number of nitrogens with zero attached hydrogens (tertiary/aromatic N) is 1. The fourth-order valence-corrected chi connectivity index (χ4v) is 4.08. The van der Waals surface area contributed by atoms with Gasteiger partial charge in [0.15, 0.2) is 0 Å². The van der Waals surface area contributed by atoms with Gasteiger partial charge >= 0.3 is 5.97 Å². The van der Waals surface area contributed by atoms with Crippen LogP contribution in [-0.4, -0.2) is 35.2 Å². The third-order valence-corrected chi connectivity index (χ3v) is 5.74. The van der Waals surface area contributed by atoms with E-state index in [2.05, 4.69) is 18.8 Å². The molecule has 6 heteroatoms. The number of rotatable bonds is 5. The summed E-state index contributed by atoms with van der Waals surface area (Å²) < 4.78 is 0. The summed E-state index contributed by atoms with van der Waals surface area (Å²) >= 11 is 1.08. The van der Waals surface area contributed by atoms with E-state index in [1.165, 1.54) is 4.90 Å². The zero-order chi connectivity index (χ0) is 20.2. The highest BCUT2D eigenvalue weighted by atomic mass is 32.1. The van der Waals surface area contributed by atoms with Crippen molar-refractivity contribution >= 4 is 28.9 Å². The Hall–Kier alpha value is -1.84. The number of thiophene rings is 1. The van der Waals surface area contributed by atoms with E-state index in [9.17, 15) is 19.8 Å². The van der Waals surface area contributed by atoms with Gasteiger partial charge in [0.1, 0.15) is 4.88 Å². The van der Waals surface area contributed by atoms with Crippen LogP contribution >= 0.6 is 11.3 Å². The molecule has 1 aromatic rings. The second kappa shape index (κ2) is 8.90. The van der Waals surface area contributed by atoms with E-state index in [1.807, 2.05) is 20.8 Å². The number of hydrogen-bond acceptors (Lipinski definition) is 4. The largest absolute Gasteiger partial charge is 0.477 e. The molecule has 1 heterocycles. The van der Waals surface area contributed by atoms with Gasteiger partial charge in [0, 0.05) is 17.9 Å². The first-order chi connectivity index (χ1) is 12.6. The second-order valence-corrected chi connectivity index (χ2v) is 9.35. The molecule has 0 aliphatic heterocycles. The molecule has 1 aliphatic rings. The number of carboxylic acids is 1. The zero-order valence-electron chi connectivity index (χ0n) is 16.5. The van der Waals surface area contributed by atoms with Crippen LogP contribution in [0.1, 0.15) is 67.9 Å². The molecule has 0 bridgehead atoms. The average molecular weight is 392 g/mol. The number of aliphatic hydroxyl groups is 1. The Kier molecular flexibility index (Phi) is 7.07. The van der Waals surface area contributed by atoms with Crippen molar-refractivity contribution in [1.29, 1.82) is 0 Å². The molecule has 0 saturated heterocycles. The molecule has 1 aliphatic carbocycles. The molecule has 1 aromatic heterocycles. The summed E-state index contributed by atoms with van der Waals surface area (Å²) in [6.45, 7) is 8.02. The Morgan fingerprint density at radius 2 is 1.89 bits per heavy atom. The number of anilines is 1. The summed E-state index contributed by atoms with van der Waals surface area (Å²) in [5.41, 5.74) is 0.149. The van der Waals surface area contributed by atoms with Gasteiger partial charge in [0.25, 0.3) is 0 Å². The Morgan fingerprint density at radius 3 is 2.41 bits per heavy atom. The lowest BCUT2D eigenvalue weighted by molar-refractivity contribution is -0.123. The molecule has 2 N–H and O–H groups in total. The van der Waals surface area contributed by atoms with Crippen LogP contribution in [0.5, 0.6) is 0 Å². The normalized spacial score (nSPS) is 19.9. The molecule has 27 heavy (non-hydrogen) atoms. The summed E-state index contributed by atoms with van der Waals surface area (Å²) in [5, 5.41) is 19.1. The van der Waals surface area contributed by atoms with Crippen LogP contribution in [0.4, 0.5) is 5.69 Å². The van der Waals surface area contributed by atoms with E-state index in [0.29, 0.717) is 16.5 Å². The maximum absolute atomic E-state index is 13.1. The lowest BCUT2D eigenvalue weighted by Crippen LogP contribution is -2.40. The van der Waals surface area contributed by atoms with E-state index in [1.54, 1.807) is 6.07 Å². The number of carbonyl (C=O) groups is 2. The highest BCUT2D eigenvalue weighted by Gasteiger charge is 2.31. The lowest BCUT2D eigenvalue weighted by atomic mass is 9.82. The van der Waals surface area contributed by atoms with E-state index in [4.69, 9.17) is 0 Å². The number of aromatic carboxylic acids is 1. The van der Waals surface area contributed by atoms with Gasteiger partial charge in [-0.3, -0.25) is 4.79 Å². The summed E-state index contributed by atoms with van der Waals surface area (Å²) in [7, 11) is 0. The van der Waals surface area contributed by atoms with Crippen molar-refractivity contribution in [2.75, 3.05) is 18.1 Å². The maximum atomic E-state index is 13.1. The maximum Gasteiger partial charge on any atom is 0.348 e. The van der Waals surface area contributed by atoms with E-state index in [0.717, 1.165) is 37.0 Å². The molecule has 1 amide bonds. The molecular weight excluding hydrogens is 362 g/mol. The number of aliphatic hydroxyl groups excluding tert-OH is 1. The topological polar surface area (TPSA) is 77.8 Å². The SMILES string of the molecule is CC(C)(C)C#Cc1cc(N(CCO)C(=O)[C@H]2CC[C@H](C)CC2)c(C(=O)O)s1. The third kappa shape index (κ3) is 5.82. The first kappa shape index (κ1) is 21.5. The Morgan fingerprint density at radius 1 is 1.26 bits per heavy atom. The minimum absolute atomic E-state index is 0.0911. The summed E-state index contributed by atoms with van der Waals surface area (Å²) in [4.78, 5) is 27.0. The molecule has 0 atom stereocenters. The second-order valence-electron chi connectivity index (χ2n) is 8.30. The van der Waals surface area contributed by atoms with Gasteiger partial charge in [0.05, 0.1) is 17.2 Å². The lowest BCUT2D eigenvalue weighted by Gasteiger charge is -2.30. The monoisotopic (exact) mass is 391 g/mol. The number of amides is 1. The van der Waals surface area contributed by atoms with Gasteiger partial charge in [0.2, 0.25) is 5.91 Å². The van der Waals surface area contributed by atoms with Crippen molar-refractivity contribution in [2.45, 2.75) is 53.4 Å². The molecule has 0 spiro atoms. The van der Waals surface area contributed by atoms with E-state index < -0.39 is 5.97 Å². The summed E-state index contributed by atoms with van der Waals surface area (Å²) in [6.07, 6.45) is 3.62. The first-order valence-electron chi connectivity index (χ1n) is 9.45. The molecule has 1 saturated carbocycles. The minimum Gasteiger partial charge on any atom is -0.477 e. The van der Waals surface area contributed by atoms with Crippen molar-refractivity contribution in [2.24, 2.45) is 17.3 Å². The van der Waals surface area contributed by atoms with Crippen molar-refractivity contribution in [1.82, 2.24) is 0 Å². The third-order valence-electron chi connectivity index (χ3n) is 4.71.